The number of nitrogens with zero attached hydrogens (tertiary/aromatic N) is 1. The van der Waals surface area contributed by atoms with Crippen LogP contribution in [0.15, 0.2) is 18.2 Å². The van der Waals surface area contributed by atoms with Crippen molar-refractivity contribution in [2.45, 2.75) is 19.1 Å². The van der Waals surface area contributed by atoms with Crippen LogP contribution in [0.3, 0.4) is 0 Å². The lowest BCUT2D eigenvalue weighted by Crippen LogP contribution is -2.52. The van der Waals surface area contributed by atoms with Crippen molar-refractivity contribution in [3.8, 4) is 0 Å². The number of nitrogens with one attached hydrogen (secondary N) is 2. The van der Waals surface area contributed by atoms with Gasteiger partial charge in [0, 0.05) is 25.2 Å². The van der Waals surface area contributed by atoms with Crippen molar-refractivity contribution in [2.24, 2.45) is 0 Å². The number of ether oxygens (including phenoxy) is 1. The average molecular weight is 291 g/mol. The first-order chi connectivity index (χ1) is 10.2. The SMILES string of the molecule is CC1COC(CO)CN1C(=O)c1ccc2c(c1)NCCN2. The molecule has 6 nitrogen and oxygen atoms in total. The molecule has 6 heteroatoms. The van der Waals surface area contributed by atoms with E-state index in [4.69, 9.17) is 4.74 Å². The minimum Gasteiger partial charge on any atom is -0.394 e. The fourth-order valence-electron chi connectivity index (χ4n) is 2.75. The number of anilines is 2. The third-order valence-electron chi connectivity index (χ3n) is 3.99. The zero-order valence-corrected chi connectivity index (χ0v) is 12.1. The maximum atomic E-state index is 12.7. The van der Waals surface area contributed by atoms with Gasteiger partial charge in [-0.2, -0.15) is 0 Å². The quantitative estimate of drug-likeness (QED) is 0.750. The van der Waals surface area contributed by atoms with Crippen molar-refractivity contribution in [3.63, 3.8) is 0 Å². The number of morpholine rings is 1. The maximum absolute atomic E-state index is 12.7. The van der Waals surface area contributed by atoms with Gasteiger partial charge in [-0.3, -0.25) is 4.79 Å². The van der Waals surface area contributed by atoms with Crippen LogP contribution in [0.25, 0.3) is 0 Å². The molecule has 0 saturated carbocycles. The summed E-state index contributed by atoms with van der Waals surface area (Å²) in [6.07, 6.45) is -0.289. The number of aliphatic hydroxyl groups is 1. The Morgan fingerprint density at radius 3 is 2.90 bits per heavy atom. The third kappa shape index (κ3) is 2.82. The van der Waals surface area contributed by atoms with Crippen LogP contribution in [-0.2, 0) is 4.74 Å². The van der Waals surface area contributed by atoms with Crippen LogP contribution >= 0.6 is 0 Å². The van der Waals surface area contributed by atoms with E-state index in [2.05, 4.69) is 10.6 Å². The standard InChI is InChI=1S/C15H21N3O3/c1-10-9-21-12(8-19)7-18(10)15(20)11-2-3-13-14(6-11)17-5-4-16-13/h2-3,6,10,12,16-17,19H,4-5,7-9H2,1H3. The molecule has 1 fully saturated rings. The van der Waals surface area contributed by atoms with Gasteiger partial charge in [0.05, 0.1) is 36.7 Å². The maximum Gasteiger partial charge on any atom is 0.254 e. The summed E-state index contributed by atoms with van der Waals surface area (Å²) >= 11 is 0. The fraction of sp³-hybridized carbons (Fsp3) is 0.533. The van der Waals surface area contributed by atoms with E-state index < -0.39 is 0 Å². The molecule has 2 heterocycles. The van der Waals surface area contributed by atoms with Crippen LogP contribution in [0, 0.1) is 0 Å². The van der Waals surface area contributed by atoms with Crippen LogP contribution in [0.1, 0.15) is 17.3 Å². The van der Waals surface area contributed by atoms with Gasteiger partial charge in [-0.15, -0.1) is 0 Å². The normalized spacial score (nSPS) is 24.8. The van der Waals surface area contributed by atoms with Crippen LogP contribution in [0.5, 0.6) is 0 Å². The van der Waals surface area contributed by atoms with E-state index >= 15 is 0 Å². The minimum atomic E-state index is -0.289. The zero-order chi connectivity index (χ0) is 14.8. The Kier molecular flexibility index (Phi) is 3.98. The molecule has 0 spiro atoms. The molecule has 1 aromatic carbocycles. The third-order valence-corrected chi connectivity index (χ3v) is 3.99. The highest BCUT2D eigenvalue weighted by molar-refractivity contribution is 5.96. The number of carbonyl (C=O) groups is 1. The molecule has 2 unspecified atom stereocenters. The molecule has 1 saturated heterocycles. The van der Waals surface area contributed by atoms with Gasteiger partial charge >= 0.3 is 0 Å². The number of hydrogen-bond donors (Lipinski definition) is 3. The molecule has 0 radical (unpaired) electrons. The van der Waals surface area contributed by atoms with E-state index in [1.54, 1.807) is 4.90 Å². The van der Waals surface area contributed by atoms with Crippen molar-refractivity contribution >= 4 is 17.3 Å². The highest BCUT2D eigenvalue weighted by Gasteiger charge is 2.30. The van der Waals surface area contributed by atoms with E-state index in [0.717, 1.165) is 24.5 Å². The smallest absolute Gasteiger partial charge is 0.254 e. The second kappa shape index (κ2) is 5.91. The van der Waals surface area contributed by atoms with Crippen molar-refractivity contribution in [1.29, 1.82) is 0 Å². The predicted molar refractivity (Wildman–Crippen MR) is 80.7 cm³/mol. The van der Waals surface area contributed by atoms with Crippen LogP contribution < -0.4 is 10.6 Å². The van der Waals surface area contributed by atoms with Crippen LogP contribution in [0.4, 0.5) is 11.4 Å². The summed E-state index contributed by atoms with van der Waals surface area (Å²) in [6, 6.07) is 5.68. The highest BCUT2D eigenvalue weighted by atomic mass is 16.5. The molecule has 1 amide bonds. The van der Waals surface area contributed by atoms with E-state index in [1.807, 2.05) is 25.1 Å². The van der Waals surface area contributed by atoms with Crippen LogP contribution in [-0.4, -0.2) is 60.9 Å². The summed E-state index contributed by atoms with van der Waals surface area (Å²) in [5.41, 5.74) is 2.66. The summed E-state index contributed by atoms with van der Waals surface area (Å²) in [7, 11) is 0. The van der Waals surface area contributed by atoms with E-state index in [1.165, 1.54) is 0 Å². The largest absolute Gasteiger partial charge is 0.394 e. The topological polar surface area (TPSA) is 73.8 Å². The first-order valence-corrected chi connectivity index (χ1v) is 7.34. The highest BCUT2D eigenvalue weighted by Crippen LogP contribution is 2.26. The molecule has 0 bridgehead atoms. The molecule has 3 rings (SSSR count). The summed E-state index contributed by atoms with van der Waals surface area (Å²) < 4.78 is 5.48. The number of benzene rings is 1. The summed E-state index contributed by atoms with van der Waals surface area (Å²) in [4.78, 5) is 14.5. The Hall–Kier alpha value is -1.79. The Labute approximate surface area is 124 Å². The Morgan fingerprint density at radius 2 is 2.14 bits per heavy atom. The molecule has 1 aromatic rings. The molecule has 21 heavy (non-hydrogen) atoms. The van der Waals surface area contributed by atoms with E-state index in [0.29, 0.717) is 18.7 Å². The first kappa shape index (κ1) is 14.2. The van der Waals surface area contributed by atoms with Gasteiger partial charge < -0.3 is 25.4 Å². The number of aliphatic hydroxyl groups excluding tert-OH is 1. The molecular formula is C15H21N3O3. The first-order valence-electron chi connectivity index (χ1n) is 7.34. The summed E-state index contributed by atoms with van der Waals surface area (Å²) in [5.74, 6) is -0.0144. The molecular weight excluding hydrogens is 270 g/mol. The molecule has 114 valence electrons. The lowest BCUT2D eigenvalue weighted by atomic mass is 10.1. The van der Waals surface area contributed by atoms with Gasteiger partial charge in [0.15, 0.2) is 0 Å². The van der Waals surface area contributed by atoms with Gasteiger partial charge in [0.2, 0.25) is 0 Å². The monoisotopic (exact) mass is 291 g/mol. The minimum absolute atomic E-state index is 0.0144. The van der Waals surface area contributed by atoms with Crippen molar-refractivity contribution in [3.05, 3.63) is 23.8 Å². The molecule has 3 N–H and O–H groups in total. The molecule has 0 aliphatic carbocycles. The number of fused-ring (bicyclic) bond motifs is 1. The predicted octanol–water partition coefficient (Wildman–Crippen LogP) is 0.746. The van der Waals surface area contributed by atoms with Crippen LogP contribution in [0.2, 0.25) is 0 Å². The Bertz CT molecular complexity index is 535. The number of amides is 1. The zero-order valence-electron chi connectivity index (χ0n) is 12.1. The molecule has 2 atom stereocenters. The molecule has 0 aromatic heterocycles. The average Bonchev–Trinajstić information content (AvgIpc) is 2.54. The Morgan fingerprint density at radius 1 is 1.38 bits per heavy atom. The van der Waals surface area contributed by atoms with E-state index in [-0.39, 0.29) is 24.7 Å². The number of hydrogen-bond acceptors (Lipinski definition) is 5. The summed E-state index contributed by atoms with van der Waals surface area (Å²) in [5, 5.41) is 15.8. The van der Waals surface area contributed by atoms with E-state index in [9.17, 15) is 9.90 Å². The van der Waals surface area contributed by atoms with Gasteiger partial charge in [0.1, 0.15) is 0 Å². The van der Waals surface area contributed by atoms with Crippen molar-refractivity contribution in [1.82, 2.24) is 4.90 Å². The fourth-order valence-corrected chi connectivity index (χ4v) is 2.75. The lowest BCUT2D eigenvalue weighted by Gasteiger charge is -2.37. The van der Waals surface area contributed by atoms with Gasteiger partial charge in [0.25, 0.3) is 5.91 Å². The Balaban J connectivity index is 1.80. The molecule has 2 aliphatic heterocycles. The summed E-state index contributed by atoms with van der Waals surface area (Å²) in [6.45, 7) is 4.53. The van der Waals surface area contributed by atoms with Crippen molar-refractivity contribution in [2.75, 3.05) is 43.5 Å². The van der Waals surface area contributed by atoms with Gasteiger partial charge in [-0.25, -0.2) is 0 Å². The second-order valence-electron chi connectivity index (χ2n) is 5.56. The second-order valence-corrected chi connectivity index (χ2v) is 5.56. The lowest BCUT2D eigenvalue weighted by molar-refractivity contribution is -0.0667. The van der Waals surface area contributed by atoms with Gasteiger partial charge in [-0.05, 0) is 25.1 Å². The van der Waals surface area contributed by atoms with Gasteiger partial charge in [-0.1, -0.05) is 0 Å². The number of rotatable bonds is 2. The van der Waals surface area contributed by atoms with Crippen molar-refractivity contribution < 1.29 is 14.6 Å². The number of carbonyl (C=O) groups excluding carboxylic acids is 1. The molecule has 2 aliphatic rings.